The standard InChI is InChI=1S/C31H31N5O4S/c1-18(2)14-24(35-30(39)25-16-20-21(33-25)10-6-11-26(20)40-3)29(38)34-23(15-19-8-7-13-32-17-19)28(37)31-36-22-9-4-5-12-27(22)41-31/h4-13,16-18,23-24,33H,14-15H2,1-3H3,(H,34,38)(H,35,39)/t23-,24+/m1/s1. The van der Waals surface area contributed by atoms with Crippen LogP contribution in [0.4, 0.5) is 0 Å². The number of methoxy groups -OCH3 is 1. The first kappa shape index (κ1) is 28.0. The van der Waals surface area contributed by atoms with Crippen LogP contribution in [-0.2, 0) is 11.2 Å². The van der Waals surface area contributed by atoms with Gasteiger partial charge in [0.2, 0.25) is 11.7 Å². The van der Waals surface area contributed by atoms with Gasteiger partial charge in [-0.2, -0.15) is 0 Å². The first-order chi connectivity index (χ1) is 19.8. The molecule has 10 heteroatoms. The fourth-order valence-electron chi connectivity index (χ4n) is 4.73. The third-order valence-corrected chi connectivity index (χ3v) is 7.77. The highest BCUT2D eigenvalue weighted by Gasteiger charge is 2.30. The van der Waals surface area contributed by atoms with Crippen molar-refractivity contribution in [1.29, 1.82) is 0 Å². The number of nitrogens with zero attached hydrogens (tertiary/aromatic N) is 2. The van der Waals surface area contributed by atoms with E-state index in [1.54, 1.807) is 31.6 Å². The molecule has 2 aromatic carbocycles. The number of para-hydroxylation sites is 1. The van der Waals surface area contributed by atoms with Gasteiger partial charge in [-0.05, 0) is 54.3 Å². The SMILES string of the molecule is COc1cccc2[nH]c(C(=O)N[C@@H](CC(C)C)C(=O)N[C@H](Cc3cccnc3)C(=O)c3nc4ccccc4s3)cc12. The number of hydrogen-bond acceptors (Lipinski definition) is 7. The molecule has 0 unspecified atom stereocenters. The first-order valence-electron chi connectivity index (χ1n) is 13.4. The van der Waals surface area contributed by atoms with E-state index < -0.39 is 23.9 Å². The second-order valence-corrected chi connectivity index (χ2v) is 11.3. The summed E-state index contributed by atoms with van der Waals surface area (Å²) in [5.74, 6) is -0.415. The second kappa shape index (κ2) is 12.3. The Morgan fingerprint density at radius 1 is 1.00 bits per heavy atom. The molecule has 210 valence electrons. The Morgan fingerprint density at radius 3 is 2.56 bits per heavy atom. The van der Waals surface area contributed by atoms with Gasteiger partial charge in [-0.25, -0.2) is 4.98 Å². The summed E-state index contributed by atoms with van der Waals surface area (Å²) in [4.78, 5) is 52.5. The van der Waals surface area contributed by atoms with E-state index in [1.807, 2.05) is 62.4 Å². The fourth-order valence-corrected chi connectivity index (χ4v) is 5.69. The van der Waals surface area contributed by atoms with E-state index in [4.69, 9.17) is 4.74 Å². The first-order valence-corrected chi connectivity index (χ1v) is 14.2. The number of ether oxygens (including phenoxy) is 1. The summed E-state index contributed by atoms with van der Waals surface area (Å²) in [7, 11) is 1.57. The minimum atomic E-state index is -0.892. The van der Waals surface area contributed by atoms with Gasteiger partial charge in [-0.1, -0.05) is 38.1 Å². The van der Waals surface area contributed by atoms with Crippen LogP contribution in [-0.4, -0.2) is 51.7 Å². The number of thiazole rings is 1. The van der Waals surface area contributed by atoms with Crippen molar-refractivity contribution in [2.45, 2.75) is 38.8 Å². The number of fused-ring (bicyclic) bond motifs is 2. The molecule has 3 aromatic heterocycles. The molecule has 0 saturated carbocycles. The van der Waals surface area contributed by atoms with Crippen LogP contribution in [0, 0.1) is 5.92 Å². The summed E-state index contributed by atoms with van der Waals surface area (Å²) in [6.45, 7) is 3.94. The summed E-state index contributed by atoms with van der Waals surface area (Å²) in [5, 5.41) is 6.88. The Hall–Kier alpha value is -4.57. The van der Waals surface area contributed by atoms with Crippen molar-refractivity contribution in [2.24, 2.45) is 5.92 Å². The van der Waals surface area contributed by atoms with Crippen LogP contribution in [0.15, 0.2) is 73.1 Å². The van der Waals surface area contributed by atoms with Gasteiger partial charge < -0.3 is 20.4 Å². The maximum Gasteiger partial charge on any atom is 0.268 e. The van der Waals surface area contributed by atoms with Crippen LogP contribution in [0.3, 0.4) is 0 Å². The molecule has 3 heterocycles. The number of aromatic nitrogens is 3. The van der Waals surface area contributed by atoms with E-state index in [-0.39, 0.29) is 18.1 Å². The van der Waals surface area contributed by atoms with Crippen molar-refractivity contribution in [3.63, 3.8) is 0 Å². The Balaban J connectivity index is 1.39. The maximum absolute atomic E-state index is 13.7. The predicted octanol–water partition coefficient (Wildman–Crippen LogP) is 4.94. The normalized spacial score (nSPS) is 12.8. The smallest absolute Gasteiger partial charge is 0.268 e. The van der Waals surface area contributed by atoms with Crippen molar-refractivity contribution in [2.75, 3.05) is 7.11 Å². The minimum absolute atomic E-state index is 0.102. The molecule has 2 atom stereocenters. The van der Waals surface area contributed by atoms with Crippen LogP contribution in [0.1, 0.15) is 46.1 Å². The highest BCUT2D eigenvalue weighted by molar-refractivity contribution is 7.20. The number of nitrogens with one attached hydrogen (secondary N) is 3. The molecule has 9 nitrogen and oxygen atoms in total. The summed E-state index contributed by atoms with van der Waals surface area (Å²) in [5.41, 5.74) is 2.58. The number of hydrogen-bond donors (Lipinski definition) is 3. The number of ketones is 1. The molecule has 0 aliphatic rings. The van der Waals surface area contributed by atoms with Crippen LogP contribution < -0.4 is 15.4 Å². The van der Waals surface area contributed by atoms with Gasteiger partial charge in [-0.3, -0.25) is 19.4 Å². The van der Waals surface area contributed by atoms with Gasteiger partial charge in [-0.15, -0.1) is 11.3 Å². The molecule has 0 aliphatic carbocycles. The molecule has 2 amide bonds. The van der Waals surface area contributed by atoms with Crippen LogP contribution in [0.25, 0.3) is 21.1 Å². The molecule has 0 aliphatic heterocycles. The van der Waals surface area contributed by atoms with Crippen molar-refractivity contribution < 1.29 is 19.1 Å². The summed E-state index contributed by atoms with van der Waals surface area (Å²) < 4.78 is 6.30. The lowest BCUT2D eigenvalue weighted by Gasteiger charge is -2.23. The van der Waals surface area contributed by atoms with Crippen molar-refractivity contribution in [3.05, 3.63) is 89.3 Å². The lowest BCUT2D eigenvalue weighted by Crippen LogP contribution is -2.52. The number of pyridine rings is 1. The Bertz CT molecular complexity index is 1660. The average Bonchev–Trinajstić information content (AvgIpc) is 3.61. The van der Waals surface area contributed by atoms with E-state index in [0.29, 0.717) is 22.9 Å². The number of aromatic amines is 1. The lowest BCUT2D eigenvalue weighted by atomic mass is 10.00. The van der Waals surface area contributed by atoms with E-state index in [1.165, 1.54) is 11.3 Å². The fraction of sp³-hybridized carbons (Fsp3) is 0.258. The summed E-state index contributed by atoms with van der Waals surface area (Å²) in [6, 6.07) is 16.6. The molecular weight excluding hydrogens is 538 g/mol. The molecule has 0 saturated heterocycles. The summed E-state index contributed by atoms with van der Waals surface area (Å²) >= 11 is 1.29. The maximum atomic E-state index is 13.7. The third-order valence-electron chi connectivity index (χ3n) is 6.72. The van der Waals surface area contributed by atoms with Gasteiger partial charge in [0.05, 0.1) is 23.4 Å². The molecule has 0 bridgehead atoms. The molecule has 0 fully saturated rings. The number of carbonyl (C=O) groups is 3. The zero-order valence-corrected chi connectivity index (χ0v) is 23.8. The Morgan fingerprint density at radius 2 is 1.83 bits per heavy atom. The van der Waals surface area contributed by atoms with Gasteiger partial charge in [0.1, 0.15) is 17.5 Å². The number of Topliss-reactive ketones (excluding diaryl/α,β-unsaturated/α-hetero) is 1. The molecule has 5 rings (SSSR count). The quantitative estimate of drug-likeness (QED) is 0.194. The average molecular weight is 570 g/mol. The molecular formula is C31H31N5O4S. The van der Waals surface area contributed by atoms with Crippen molar-refractivity contribution >= 4 is 50.1 Å². The molecule has 5 aromatic rings. The zero-order chi connectivity index (χ0) is 28.9. The lowest BCUT2D eigenvalue weighted by molar-refractivity contribution is -0.123. The monoisotopic (exact) mass is 569 g/mol. The van der Waals surface area contributed by atoms with Crippen LogP contribution in [0.2, 0.25) is 0 Å². The van der Waals surface area contributed by atoms with Gasteiger partial charge in [0.15, 0.2) is 5.01 Å². The number of benzene rings is 2. The zero-order valence-electron chi connectivity index (χ0n) is 23.0. The van der Waals surface area contributed by atoms with E-state index >= 15 is 0 Å². The summed E-state index contributed by atoms with van der Waals surface area (Å²) in [6.07, 6.45) is 3.94. The molecule has 41 heavy (non-hydrogen) atoms. The second-order valence-electron chi connectivity index (χ2n) is 10.2. The van der Waals surface area contributed by atoms with E-state index in [2.05, 4.69) is 25.6 Å². The highest BCUT2D eigenvalue weighted by Crippen LogP contribution is 2.26. The minimum Gasteiger partial charge on any atom is -0.496 e. The Labute approximate surface area is 241 Å². The van der Waals surface area contributed by atoms with E-state index in [0.717, 1.165) is 26.7 Å². The van der Waals surface area contributed by atoms with Crippen molar-refractivity contribution in [3.8, 4) is 5.75 Å². The number of amides is 2. The van der Waals surface area contributed by atoms with Gasteiger partial charge in [0.25, 0.3) is 5.91 Å². The topological polar surface area (TPSA) is 126 Å². The number of H-pyrrole nitrogens is 1. The van der Waals surface area contributed by atoms with Crippen LogP contribution in [0.5, 0.6) is 5.75 Å². The third kappa shape index (κ3) is 6.44. The largest absolute Gasteiger partial charge is 0.496 e. The van der Waals surface area contributed by atoms with Crippen LogP contribution >= 0.6 is 11.3 Å². The number of carbonyl (C=O) groups excluding carboxylic acids is 3. The predicted molar refractivity (Wildman–Crippen MR) is 159 cm³/mol. The number of rotatable bonds is 11. The van der Waals surface area contributed by atoms with Gasteiger partial charge in [0, 0.05) is 29.7 Å². The van der Waals surface area contributed by atoms with Crippen molar-refractivity contribution in [1.82, 2.24) is 25.6 Å². The highest BCUT2D eigenvalue weighted by atomic mass is 32.1. The Kier molecular flexibility index (Phi) is 8.39. The van der Waals surface area contributed by atoms with Gasteiger partial charge >= 0.3 is 0 Å². The molecule has 3 N–H and O–H groups in total. The molecule has 0 spiro atoms. The van der Waals surface area contributed by atoms with E-state index in [9.17, 15) is 14.4 Å². The molecule has 0 radical (unpaired) electrons.